The summed E-state index contributed by atoms with van der Waals surface area (Å²) in [6, 6.07) is 15.4. The van der Waals surface area contributed by atoms with Crippen LogP contribution in [0.3, 0.4) is 0 Å². The summed E-state index contributed by atoms with van der Waals surface area (Å²) in [5.74, 6) is -0.301. The molecule has 0 aliphatic carbocycles. The number of rotatable bonds is 10. The quantitative estimate of drug-likeness (QED) is 0.646. The molecule has 2 atom stereocenters. The molecule has 2 unspecified atom stereocenters. The number of carbonyl (C=O) groups is 2. The van der Waals surface area contributed by atoms with Crippen LogP contribution in [0, 0.1) is 0 Å². The number of hydrogen-bond acceptors (Lipinski definition) is 5. The van der Waals surface area contributed by atoms with Crippen LogP contribution in [0.1, 0.15) is 47.9 Å². The van der Waals surface area contributed by atoms with Crippen molar-refractivity contribution in [2.24, 2.45) is 0 Å². The third kappa shape index (κ3) is 5.25. The Morgan fingerprint density at radius 1 is 1.00 bits per heavy atom. The van der Waals surface area contributed by atoms with E-state index >= 15 is 0 Å². The van der Waals surface area contributed by atoms with Crippen molar-refractivity contribution in [3.63, 3.8) is 0 Å². The molecule has 0 fully saturated rings. The fourth-order valence-electron chi connectivity index (χ4n) is 2.91. The van der Waals surface area contributed by atoms with Crippen LogP contribution in [0.4, 0.5) is 0 Å². The molecule has 0 aliphatic heterocycles. The molecule has 0 spiro atoms. The van der Waals surface area contributed by atoms with Crippen LogP contribution in [0.15, 0.2) is 54.6 Å². The van der Waals surface area contributed by atoms with Crippen molar-refractivity contribution in [3.8, 4) is 5.75 Å². The molecule has 27 heavy (non-hydrogen) atoms. The molecule has 5 nitrogen and oxygen atoms in total. The Bertz CT molecular complexity index is 767. The van der Waals surface area contributed by atoms with Crippen molar-refractivity contribution in [2.45, 2.75) is 38.9 Å². The first-order valence-corrected chi connectivity index (χ1v) is 9.10. The molecule has 0 aromatic heterocycles. The van der Waals surface area contributed by atoms with Crippen molar-refractivity contribution in [2.75, 3.05) is 13.2 Å². The van der Waals surface area contributed by atoms with Gasteiger partial charge in [-0.3, -0.25) is 9.59 Å². The van der Waals surface area contributed by atoms with E-state index in [0.717, 1.165) is 0 Å². The first-order valence-electron chi connectivity index (χ1n) is 9.10. The highest BCUT2D eigenvalue weighted by molar-refractivity contribution is 6.04. The topological polar surface area (TPSA) is 72.8 Å². The Morgan fingerprint density at radius 2 is 1.63 bits per heavy atom. The third-order valence-electron chi connectivity index (χ3n) is 4.22. The van der Waals surface area contributed by atoms with Crippen LogP contribution in [-0.4, -0.2) is 41.6 Å². The van der Waals surface area contributed by atoms with Crippen molar-refractivity contribution >= 4 is 11.6 Å². The normalized spacial score (nSPS) is 14.2. The summed E-state index contributed by atoms with van der Waals surface area (Å²) in [4.78, 5) is 25.7. The molecule has 2 aromatic carbocycles. The largest absolute Gasteiger partial charge is 0.493 e. The van der Waals surface area contributed by atoms with Gasteiger partial charge in [-0.05, 0) is 32.9 Å². The summed E-state index contributed by atoms with van der Waals surface area (Å²) in [6.07, 6.45) is -1.10. The van der Waals surface area contributed by atoms with Crippen LogP contribution in [0.2, 0.25) is 0 Å². The molecule has 144 valence electrons. The Labute approximate surface area is 159 Å². The van der Waals surface area contributed by atoms with Gasteiger partial charge in [0.2, 0.25) is 0 Å². The van der Waals surface area contributed by atoms with E-state index in [1.165, 1.54) is 6.92 Å². The maximum absolute atomic E-state index is 13.0. The summed E-state index contributed by atoms with van der Waals surface area (Å²) in [5.41, 5.74) is -0.974. The van der Waals surface area contributed by atoms with Gasteiger partial charge in [-0.15, -0.1) is 0 Å². The monoisotopic (exact) mass is 370 g/mol. The first kappa shape index (κ1) is 20.8. The zero-order valence-corrected chi connectivity index (χ0v) is 16.0. The second-order valence-electron chi connectivity index (χ2n) is 6.41. The molecule has 0 saturated heterocycles. The van der Waals surface area contributed by atoms with E-state index in [9.17, 15) is 14.7 Å². The second-order valence-corrected chi connectivity index (χ2v) is 6.41. The molecule has 0 amide bonds. The fraction of sp³-hybridized carbons (Fsp3) is 0.364. The van der Waals surface area contributed by atoms with Gasteiger partial charge in [0, 0.05) is 18.6 Å². The molecule has 0 aliphatic rings. The third-order valence-corrected chi connectivity index (χ3v) is 4.22. The van der Waals surface area contributed by atoms with Crippen LogP contribution >= 0.6 is 0 Å². The van der Waals surface area contributed by atoms with E-state index in [0.29, 0.717) is 23.5 Å². The van der Waals surface area contributed by atoms with Gasteiger partial charge in [0.05, 0.1) is 12.2 Å². The molecular weight excluding hydrogens is 344 g/mol. The summed E-state index contributed by atoms with van der Waals surface area (Å²) in [6.45, 7) is 5.72. The highest BCUT2D eigenvalue weighted by atomic mass is 16.5. The van der Waals surface area contributed by atoms with Gasteiger partial charge in [0.1, 0.15) is 17.5 Å². The number of hydrogen-bond donors (Lipinski definition) is 1. The van der Waals surface area contributed by atoms with E-state index in [1.807, 2.05) is 6.92 Å². The molecule has 1 N–H and O–H groups in total. The Balaban J connectivity index is 2.26. The summed E-state index contributed by atoms with van der Waals surface area (Å²) < 4.78 is 11.1. The van der Waals surface area contributed by atoms with Crippen LogP contribution < -0.4 is 4.74 Å². The maximum Gasteiger partial charge on any atom is 0.195 e. The number of carbonyl (C=O) groups excluding carboxylic acids is 2. The van der Waals surface area contributed by atoms with Gasteiger partial charge in [-0.25, -0.2) is 0 Å². The lowest BCUT2D eigenvalue weighted by atomic mass is 9.87. The second kappa shape index (κ2) is 9.44. The van der Waals surface area contributed by atoms with E-state index in [-0.39, 0.29) is 18.8 Å². The first-order chi connectivity index (χ1) is 12.9. The molecule has 0 heterocycles. The number of Topliss-reactive ketones (excluding diaryl/α,β-unsaturated/α-hetero) is 2. The smallest absolute Gasteiger partial charge is 0.195 e. The van der Waals surface area contributed by atoms with Crippen molar-refractivity contribution in [1.82, 2.24) is 0 Å². The minimum atomic E-state index is -1.74. The lowest BCUT2D eigenvalue weighted by Crippen LogP contribution is -2.42. The zero-order valence-electron chi connectivity index (χ0n) is 16.0. The lowest BCUT2D eigenvalue weighted by molar-refractivity contribution is -0.00876. The highest BCUT2D eigenvalue weighted by Crippen LogP contribution is 2.26. The number of para-hydroxylation sites is 1. The van der Waals surface area contributed by atoms with Gasteiger partial charge in [0.25, 0.3) is 0 Å². The molecule has 2 aromatic rings. The molecule has 0 radical (unpaired) electrons. The molecule has 5 heteroatoms. The average Bonchev–Trinajstić information content (AvgIpc) is 2.68. The van der Waals surface area contributed by atoms with E-state index in [4.69, 9.17) is 9.47 Å². The van der Waals surface area contributed by atoms with Gasteiger partial charge in [0.15, 0.2) is 11.6 Å². The maximum atomic E-state index is 13.0. The zero-order chi connectivity index (χ0) is 19.9. The molecular formula is C22H26O5. The fourth-order valence-corrected chi connectivity index (χ4v) is 2.91. The standard InChI is InChI=1S/C22H26O5/c1-4-26-18-14-10-9-13-17(18)20(23)19(27-5-2)15-22(3,25)21(24)16-11-7-6-8-12-16/h6-14,19,25H,4-5,15H2,1-3H3. The van der Waals surface area contributed by atoms with Gasteiger partial charge in [-0.2, -0.15) is 0 Å². The minimum absolute atomic E-state index is 0.145. The SMILES string of the molecule is CCOc1ccccc1C(=O)C(CC(C)(O)C(=O)c1ccccc1)OCC. The van der Waals surface area contributed by atoms with Crippen molar-refractivity contribution < 1.29 is 24.2 Å². The summed E-state index contributed by atoms with van der Waals surface area (Å²) in [7, 11) is 0. The molecule has 0 saturated carbocycles. The van der Waals surface area contributed by atoms with Gasteiger partial charge in [-0.1, -0.05) is 42.5 Å². The van der Waals surface area contributed by atoms with E-state index in [1.54, 1.807) is 61.5 Å². The lowest BCUT2D eigenvalue weighted by Gasteiger charge is -2.27. The van der Waals surface area contributed by atoms with Gasteiger partial charge < -0.3 is 14.6 Å². The predicted molar refractivity (Wildman–Crippen MR) is 103 cm³/mol. The van der Waals surface area contributed by atoms with Crippen molar-refractivity contribution in [3.05, 3.63) is 65.7 Å². The van der Waals surface area contributed by atoms with Crippen LogP contribution in [0.25, 0.3) is 0 Å². The van der Waals surface area contributed by atoms with Gasteiger partial charge >= 0.3 is 0 Å². The highest BCUT2D eigenvalue weighted by Gasteiger charge is 2.37. The number of ketones is 2. The van der Waals surface area contributed by atoms with Crippen LogP contribution in [0.5, 0.6) is 5.75 Å². The summed E-state index contributed by atoms with van der Waals surface area (Å²) >= 11 is 0. The number of ether oxygens (including phenoxy) is 2. The molecule has 0 bridgehead atoms. The Hall–Kier alpha value is -2.50. The Kier molecular flexibility index (Phi) is 7.28. The molecule has 2 rings (SSSR count). The minimum Gasteiger partial charge on any atom is -0.493 e. The number of aliphatic hydroxyl groups is 1. The Morgan fingerprint density at radius 3 is 2.26 bits per heavy atom. The summed E-state index contributed by atoms with van der Waals surface area (Å²) in [5, 5.41) is 10.8. The van der Waals surface area contributed by atoms with Crippen molar-refractivity contribution in [1.29, 1.82) is 0 Å². The average molecular weight is 370 g/mol. The van der Waals surface area contributed by atoms with Crippen LogP contribution in [-0.2, 0) is 4.74 Å². The number of benzene rings is 2. The predicted octanol–water partition coefficient (Wildman–Crippen LogP) is 3.70. The van der Waals surface area contributed by atoms with E-state index in [2.05, 4.69) is 0 Å². The van der Waals surface area contributed by atoms with E-state index < -0.39 is 17.5 Å².